The molecule has 22 heavy (non-hydrogen) atoms. The zero-order valence-corrected chi connectivity index (χ0v) is 16.1. The van der Waals surface area contributed by atoms with Crippen LogP contribution in [0.15, 0.2) is 4.99 Å². The molecule has 0 bridgehead atoms. The molecule has 1 saturated heterocycles. The second-order valence-electron chi connectivity index (χ2n) is 5.98. The molecule has 1 unspecified atom stereocenters. The van der Waals surface area contributed by atoms with Gasteiger partial charge >= 0.3 is 0 Å². The summed E-state index contributed by atoms with van der Waals surface area (Å²) in [5.74, 6) is 1.77. The highest BCUT2D eigenvalue weighted by atomic mass is 127. The van der Waals surface area contributed by atoms with Crippen LogP contribution >= 0.6 is 24.0 Å². The van der Waals surface area contributed by atoms with Gasteiger partial charge in [0.2, 0.25) is 0 Å². The van der Waals surface area contributed by atoms with Crippen LogP contribution in [0.25, 0.3) is 0 Å². The van der Waals surface area contributed by atoms with Gasteiger partial charge in [0.15, 0.2) is 5.96 Å². The number of halogens is 1. The van der Waals surface area contributed by atoms with E-state index in [1.807, 2.05) is 0 Å². The second-order valence-corrected chi connectivity index (χ2v) is 5.98. The first-order valence-electron chi connectivity index (χ1n) is 8.60. The number of nitrogens with one attached hydrogen (secondary N) is 2. The van der Waals surface area contributed by atoms with E-state index in [0.717, 1.165) is 64.2 Å². The molecule has 1 saturated carbocycles. The Kier molecular flexibility index (Phi) is 11.2. The number of nitrogens with zero attached hydrogens (tertiary/aromatic N) is 1. The monoisotopic (exact) mass is 425 g/mol. The van der Waals surface area contributed by atoms with Crippen LogP contribution in [0.2, 0.25) is 0 Å². The van der Waals surface area contributed by atoms with Gasteiger partial charge in [0.25, 0.3) is 0 Å². The van der Waals surface area contributed by atoms with E-state index < -0.39 is 0 Å². The molecule has 5 nitrogen and oxygen atoms in total. The molecule has 2 rings (SSSR count). The minimum Gasteiger partial charge on any atom is -0.381 e. The van der Waals surface area contributed by atoms with Crippen LogP contribution in [0, 0.1) is 5.92 Å². The van der Waals surface area contributed by atoms with Gasteiger partial charge in [-0.05, 0) is 51.4 Å². The Bertz CT molecular complexity index is 306. The highest BCUT2D eigenvalue weighted by Crippen LogP contribution is 2.28. The van der Waals surface area contributed by atoms with Crippen molar-refractivity contribution in [1.82, 2.24) is 10.6 Å². The molecule has 0 aromatic rings. The minimum atomic E-state index is 0. The molecule has 0 aromatic heterocycles. The number of guanidine groups is 1. The molecule has 1 atom stereocenters. The maximum Gasteiger partial charge on any atom is 0.191 e. The van der Waals surface area contributed by atoms with E-state index >= 15 is 0 Å². The topological polar surface area (TPSA) is 54.9 Å². The number of hydrogen-bond acceptors (Lipinski definition) is 3. The summed E-state index contributed by atoms with van der Waals surface area (Å²) in [6.45, 7) is 7.44. The number of aliphatic imine (C=N–C) groups is 1. The van der Waals surface area contributed by atoms with Crippen LogP contribution < -0.4 is 10.6 Å². The Morgan fingerprint density at radius 3 is 2.82 bits per heavy atom. The molecule has 2 N–H and O–H groups in total. The van der Waals surface area contributed by atoms with Gasteiger partial charge in [-0.25, -0.2) is 0 Å². The van der Waals surface area contributed by atoms with Gasteiger partial charge in [-0.3, -0.25) is 4.99 Å². The Labute approximate surface area is 152 Å². The fourth-order valence-electron chi connectivity index (χ4n) is 2.46. The van der Waals surface area contributed by atoms with Crippen molar-refractivity contribution >= 4 is 29.9 Å². The summed E-state index contributed by atoms with van der Waals surface area (Å²) in [5.41, 5.74) is 0. The Balaban J connectivity index is 0.00000242. The van der Waals surface area contributed by atoms with Crippen LogP contribution in [-0.4, -0.2) is 51.5 Å². The largest absolute Gasteiger partial charge is 0.381 e. The van der Waals surface area contributed by atoms with E-state index in [4.69, 9.17) is 9.47 Å². The average Bonchev–Trinajstić information content (AvgIpc) is 3.17. The zero-order valence-electron chi connectivity index (χ0n) is 13.8. The van der Waals surface area contributed by atoms with E-state index in [1.54, 1.807) is 0 Å². The van der Waals surface area contributed by atoms with Crippen molar-refractivity contribution in [3.05, 3.63) is 0 Å². The van der Waals surface area contributed by atoms with E-state index in [2.05, 4.69) is 22.5 Å². The van der Waals surface area contributed by atoms with Crippen molar-refractivity contribution in [2.75, 3.05) is 39.5 Å². The highest BCUT2D eigenvalue weighted by Gasteiger charge is 2.20. The van der Waals surface area contributed by atoms with Gasteiger partial charge in [0.05, 0.1) is 6.10 Å². The molecule has 6 heteroatoms. The molecule has 0 aromatic carbocycles. The maximum absolute atomic E-state index is 5.63. The van der Waals surface area contributed by atoms with Gasteiger partial charge in [0.1, 0.15) is 0 Å². The standard InChI is InChI=1S/C16H31N3O2.HI/c1-2-17-16(19-10-8-15-5-3-12-21-15)18-9-4-11-20-13-14-6-7-14;/h14-15H,2-13H2,1H3,(H2,17,18,19);1H. The third kappa shape index (κ3) is 9.15. The Hall–Kier alpha value is -0.0800. The SMILES string of the molecule is CCNC(=NCCCOCC1CC1)NCCC1CCCO1.I. The predicted octanol–water partition coefficient (Wildman–Crippen LogP) is 2.55. The molecular formula is C16H32IN3O2. The molecule has 0 amide bonds. The smallest absolute Gasteiger partial charge is 0.191 e. The molecule has 0 radical (unpaired) electrons. The van der Waals surface area contributed by atoms with Crippen molar-refractivity contribution in [3.63, 3.8) is 0 Å². The predicted molar refractivity (Wildman–Crippen MR) is 101 cm³/mol. The summed E-state index contributed by atoms with van der Waals surface area (Å²) in [6, 6.07) is 0. The highest BCUT2D eigenvalue weighted by molar-refractivity contribution is 14.0. The van der Waals surface area contributed by atoms with Crippen molar-refractivity contribution in [2.45, 2.75) is 51.6 Å². The Morgan fingerprint density at radius 2 is 2.14 bits per heavy atom. The lowest BCUT2D eigenvalue weighted by Crippen LogP contribution is -2.38. The van der Waals surface area contributed by atoms with E-state index in [-0.39, 0.29) is 24.0 Å². The maximum atomic E-state index is 5.63. The van der Waals surface area contributed by atoms with Crippen LogP contribution in [0.5, 0.6) is 0 Å². The van der Waals surface area contributed by atoms with Crippen molar-refractivity contribution in [1.29, 1.82) is 0 Å². The molecule has 1 aliphatic heterocycles. The summed E-state index contributed by atoms with van der Waals surface area (Å²) in [6.07, 6.45) is 7.63. The normalized spacial score (nSPS) is 21.5. The van der Waals surface area contributed by atoms with Crippen LogP contribution in [-0.2, 0) is 9.47 Å². The molecule has 0 spiro atoms. The summed E-state index contributed by atoms with van der Waals surface area (Å²) in [7, 11) is 0. The first kappa shape index (κ1) is 20.0. The zero-order chi connectivity index (χ0) is 14.8. The Morgan fingerprint density at radius 1 is 1.27 bits per heavy atom. The molecule has 1 aliphatic carbocycles. The van der Waals surface area contributed by atoms with E-state index in [0.29, 0.717) is 6.10 Å². The number of ether oxygens (including phenoxy) is 2. The summed E-state index contributed by atoms with van der Waals surface area (Å²) < 4.78 is 11.2. The average molecular weight is 425 g/mol. The molecular weight excluding hydrogens is 393 g/mol. The fraction of sp³-hybridized carbons (Fsp3) is 0.938. The fourth-order valence-corrected chi connectivity index (χ4v) is 2.46. The van der Waals surface area contributed by atoms with Gasteiger partial charge < -0.3 is 20.1 Å². The van der Waals surface area contributed by atoms with Crippen LogP contribution in [0.3, 0.4) is 0 Å². The van der Waals surface area contributed by atoms with Crippen molar-refractivity contribution in [2.24, 2.45) is 10.9 Å². The van der Waals surface area contributed by atoms with Gasteiger partial charge in [-0.1, -0.05) is 0 Å². The van der Waals surface area contributed by atoms with E-state index in [1.165, 1.54) is 25.7 Å². The number of hydrogen-bond donors (Lipinski definition) is 2. The summed E-state index contributed by atoms with van der Waals surface area (Å²) in [5, 5.41) is 6.67. The van der Waals surface area contributed by atoms with Crippen LogP contribution in [0.4, 0.5) is 0 Å². The minimum absolute atomic E-state index is 0. The lowest BCUT2D eigenvalue weighted by atomic mass is 10.2. The van der Waals surface area contributed by atoms with Gasteiger partial charge in [-0.15, -0.1) is 24.0 Å². The molecule has 2 fully saturated rings. The molecule has 2 aliphatic rings. The van der Waals surface area contributed by atoms with Crippen molar-refractivity contribution < 1.29 is 9.47 Å². The van der Waals surface area contributed by atoms with Gasteiger partial charge in [-0.2, -0.15) is 0 Å². The lowest BCUT2D eigenvalue weighted by molar-refractivity contribution is 0.105. The van der Waals surface area contributed by atoms with Crippen molar-refractivity contribution in [3.8, 4) is 0 Å². The molecule has 1 heterocycles. The lowest BCUT2D eigenvalue weighted by Gasteiger charge is -2.13. The summed E-state index contributed by atoms with van der Waals surface area (Å²) in [4.78, 5) is 4.58. The van der Waals surface area contributed by atoms with Gasteiger partial charge in [0, 0.05) is 39.5 Å². The first-order valence-corrected chi connectivity index (χ1v) is 8.60. The number of rotatable bonds is 10. The van der Waals surface area contributed by atoms with Crippen LogP contribution in [0.1, 0.15) is 45.4 Å². The third-order valence-electron chi connectivity index (χ3n) is 3.89. The third-order valence-corrected chi connectivity index (χ3v) is 3.89. The van der Waals surface area contributed by atoms with E-state index in [9.17, 15) is 0 Å². The first-order chi connectivity index (χ1) is 10.4. The quantitative estimate of drug-likeness (QED) is 0.245. The molecule has 130 valence electrons. The summed E-state index contributed by atoms with van der Waals surface area (Å²) >= 11 is 0. The second kappa shape index (κ2) is 12.4.